The highest BCUT2D eigenvalue weighted by atomic mass is 16.6. The number of nitrogens with zero attached hydrogens (tertiary/aromatic N) is 1. The summed E-state index contributed by atoms with van der Waals surface area (Å²) in [4.78, 5) is 22.6. The number of nitro benzene ring substituents is 1. The van der Waals surface area contributed by atoms with Crippen molar-refractivity contribution in [1.29, 1.82) is 0 Å². The average molecular weight is 327 g/mol. The number of nitrogens with one attached hydrogen (secondary N) is 2. The summed E-state index contributed by atoms with van der Waals surface area (Å²) >= 11 is 0. The lowest BCUT2D eigenvalue weighted by Crippen LogP contribution is -2.42. The summed E-state index contributed by atoms with van der Waals surface area (Å²) in [6, 6.07) is 10.4. The molecule has 4 rings (SSSR count). The monoisotopic (exact) mass is 327 g/mol. The lowest BCUT2D eigenvalue weighted by molar-refractivity contribution is -0.384. The average Bonchev–Trinajstić information content (AvgIpc) is 3.31. The first-order chi connectivity index (χ1) is 11.6. The third-order valence-electron chi connectivity index (χ3n) is 4.81. The third-order valence-corrected chi connectivity index (χ3v) is 4.81. The van der Waals surface area contributed by atoms with Crippen molar-refractivity contribution in [3.63, 3.8) is 0 Å². The van der Waals surface area contributed by atoms with E-state index in [4.69, 9.17) is 4.42 Å². The fourth-order valence-corrected chi connectivity index (χ4v) is 3.59. The number of nitro groups is 1. The topological polar surface area (TPSA) is 97.4 Å². The molecule has 1 amide bonds. The van der Waals surface area contributed by atoms with Gasteiger partial charge in [-0.05, 0) is 43.5 Å². The summed E-state index contributed by atoms with van der Waals surface area (Å²) in [6.45, 7) is 0. The minimum Gasteiger partial charge on any atom is -0.451 e. The Morgan fingerprint density at radius 1 is 1.21 bits per heavy atom. The molecule has 3 unspecified atom stereocenters. The summed E-state index contributed by atoms with van der Waals surface area (Å²) in [7, 11) is 0. The van der Waals surface area contributed by atoms with Crippen molar-refractivity contribution in [3.05, 3.63) is 52.3 Å². The van der Waals surface area contributed by atoms with Crippen LogP contribution in [-0.4, -0.2) is 29.0 Å². The standard InChI is InChI=1S/C17H17N3O4/c21-17(19-14-9-11-3-6-13(14)18-11)16-8-7-15(24-16)10-1-4-12(5-2-10)20(22)23/h1-2,4-5,7-8,11,13-14,18H,3,6,9H2,(H,19,21). The normalized spacial score (nSPS) is 24.9. The fraction of sp³-hybridized carbons (Fsp3) is 0.353. The predicted molar refractivity (Wildman–Crippen MR) is 86.6 cm³/mol. The minimum atomic E-state index is -0.450. The van der Waals surface area contributed by atoms with Crippen molar-refractivity contribution in [2.24, 2.45) is 0 Å². The molecule has 2 aliphatic rings. The zero-order valence-corrected chi connectivity index (χ0v) is 12.9. The van der Waals surface area contributed by atoms with Crippen LogP contribution in [0.15, 0.2) is 40.8 Å². The van der Waals surface area contributed by atoms with Crippen LogP contribution in [-0.2, 0) is 0 Å². The Bertz CT molecular complexity index is 783. The SMILES string of the molecule is O=C(NC1CC2CCC1N2)c1ccc(-c2ccc([N+](=O)[O-])cc2)o1. The largest absolute Gasteiger partial charge is 0.451 e. The Balaban J connectivity index is 1.46. The van der Waals surface area contributed by atoms with Gasteiger partial charge >= 0.3 is 0 Å². The fourth-order valence-electron chi connectivity index (χ4n) is 3.59. The first kappa shape index (κ1) is 14.9. The molecule has 0 aliphatic carbocycles. The number of fused-ring (bicyclic) bond motifs is 2. The number of furan rings is 1. The Morgan fingerprint density at radius 2 is 2.00 bits per heavy atom. The van der Waals surface area contributed by atoms with Crippen molar-refractivity contribution in [2.45, 2.75) is 37.4 Å². The molecular formula is C17H17N3O4. The van der Waals surface area contributed by atoms with Gasteiger partial charge in [0.2, 0.25) is 0 Å². The summed E-state index contributed by atoms with van der Waals surface area (Å²) < 4.78 is 5.62. The molecule has 24 heavy (non-hydrogen) atoms. The molecule has 2 aliphatic heterocycles. The Kier molecular flexibility index (Phi) is 3.57. The van der Waals surface area contributed by atoms with E-state index in [0.29, 0.717) is 23.4 Å². The van der Waals surface area contributed by atoms with Gasteiger partial charge < -0.3 is 15.1 Å². The molecule has 0 saturated carbocycles. The smallest absolute Gasteiger partial charge is 0.287 e. The molecule has 2 saturated heterocycles. The number of hydrogen-bond donors (Lipinski definition) is 2. The quantitative estimate of drug-likeness (QED) is 0.664. The Labute approximate surface area is 138 Å². The number of rotatable bonds is 4. The van der Waals surface area contributed by atoms with Gasteiger partial charge in [-0.25, -0.2) is 0 Å². The second kappa shape index (κ2) is 5.76. The van der Waals surface area contributed by atoms with E-state index in [9.17, 15) is 14.9 Å². The van der Waals surface area contributed by atoms with Gasteiger partial charge in [0.1, 0.15) is 5.76 Å². The van der Waals surface area contributed by atoms with E-state index in [1.54, 1.807) is 24.3 Å². The van der Waals surface area contributed by atoms with E-state index in [1.807, 2.05) is 0 Å². The van der Waals surface area contributed by atoms with Gasteiger partial charge in [0.15, 0.2) is 5.76 Å². The predicted octanol–water partition coefficient (Wildman–Crippen LogP) is 2.48. The van der Waals surface area contributed by atoms with Crippen molar-refractivity contribution >= 4 is 11.6 Å². The van der Waals surface area contributed by atoms with Gasteiger partial charge in [-0.2, -0.15) is 0 Å². The molecule has 1 aromatic heterocycles. The molecule has 3 heterocycles. The first-order valence-electron chi connectivity index (χ1n) is 8.02. The second-order valence-electron chi connectivity index (χ2n) is 6.33. The van der Waals surface area contributed by atoms with Crippen molar-refractivity contribution < 1.29 is 14.1 Å². The molecular weight excluding hydrogens is 310 g/mol. The van der Waals surface area contributed by atoms with E-state index in [2.05, 4.69) is 10.6 Å². The lowest BCUT2D eigenvalue weighted by Gasteiger charge is -2.20. The van der Waals surface area contributed by atoms with Crippen LogP contribution in [0.1, 0.15) is 29.8 Å². The molecule has 1 aromatic carbocycles. The van der Waals surface area contributed by atoms with E-state index >= 15 is 0 Å². The molecule has 7 heteroatoms. The number of non-ortho nitro benzene ring substituents is 1. The second-order valence-corrected chi connectivity index (χ2v) is 6.33. The van der Waals surface area contributed by atoms with Crippen LogP contribution in [0.25, 0.3) is 11.3 Å². The zero-order chi connectivity index (χ0) is 16.7. The van der Waals surface area contributed by atoms with Crippen LogP contribution in [0, 0.1) is 10.1 Å². The summed E-state index contributed by atoms with van der Waals surface area (Å²) in [5, 5.41) is 17.2. The molecule has 7 nitrogen and oxygen atoms in total. The summed E-state index contributed by atoms with van der Waals surface area (Å²) in [5.41, 5.74) is 0.716. The van der Waals surface area contributed by atoms with Gasteiger partial charge in [0.05, 0.1) is 4.92 Å². The number of benzene rings is 1. The molecule has 2 aromatic rings. The number of carbonyl (C=O) groups is 1. The van der Waals surface area contributed by atoms with Crippen LogP contribution >= 0.6 is 0 Å². The number of carbonyl (C=O) groups excluding carboxylic acids is 1. The zero-order valence-electron chi connectivity index (χ0n) is 12.9. The molecule has 3 atom stereocenters. The highest BCUT2D eigenvalue weighted by molar-refractivity contribution is 5.92. The van der Waals surface area contributed by atoms with Crippen LogP contribution in [0.4, 0.5) is 5.69 Å². The van der Waals surface area contributed by atoms with Crippen LogP contribution in [0.2, 0.25) is 0 Å². The Morgan fingerprint density at radius 3 is 2.62 bits per heavy atom. The van der Waals surface area contributed by atoms with Gasteiger partial charge in [-0.1, -0.05) is 0 Å². The molecule has 2 bridgehead atoms. The minimum absolute atomic E-state index is 0.0204. The highest BCUT2D eigenvalue weighted by Crippen LogP contribution is 2.29. The molecule has 2 fully saturated rings. The maximum absolute atomic E-state index is 12.3. The lowest BCUT2D eigenvalue weighted by atomic mass is 9.95. The molecule has 2 N–H and O–H groups in total. The molecule has 124 valence electrons. The van der Waals surface area contributed by atoms with E-state index < -0.39 is 4.92 Å². The van der Waals surface area contributed by atoms with Crippen molar-refractivity contribution in [1.82, 2.24) is 10.6 Å². The summed E-state index contributed by atoms with van der Waals surface area (Å²) in [5.74, 6) is 0.551. The van der Waals surface area contributed by atoms with E-state index in [0.717, 1.165) is 12.8 Å². The van der Waals surface area contributed by atoms with E-state index in [-0.39, 0.29) is 23.4 Å². The highest BCUT2D eigenvalue weighted by Gasteiger charge is 2.39. The summed E-state index contributed by atoms with van der Waals surface area (Å²) in [6.07, 6.45) is 3.25. The maximum Gasteiger partial charge on any atom is 0.287 e. The van der Waals surface area contributed by atoms with Gasteiger partial charge in [0, 0.05) is 35.8 Å². The van der Waals surface area contributed by atoms with E-state index in [1.165, 1.54) is 18.6 Å². The van der Waals surface area contributed by atoms with Crippen LogP contribution in [0.3, 0.4) is 0 Å². The maximum atomic E-state index is 12.3. The first-order valence-corrected chi connectivity index (χ1v) is 8.02. The van der Waals surface area contributed by atoms with Crippen LogP contribution in [0.5, 0.6) is 0 Å². The Hall–Kier alpha value is -2.67. The number of amides is 1. The molecule has 0 spiro atoms. The van der Waals surface area contributed by atoms with Gasteiger partial charge in [-0.15, -0.1) is 0 Å². The number of hydrogen-bond acceptors (Lipinski definition) is 5. The third kappa shape index (κ3) is 2.67. The molecule has 0 radical (unpaired) electrons. The van der Waals surface area contributed by atoms with Gasteiger partial charge in [0.25, 0.3) is 11.6 Å². The van der Waals surface area contributed by atoms with Crippen LogP contribution < -0.4 is 10.6 Å². The van der Waals surface area contributed by atoms with Crippen molar-refractivity contribution in [2.75, 3.05) is 0 Å². The van der Waals surface area contributed by atoms with Gasteiger partial charge in [-0.3, -0.25) is 14.9 Å². The van der Waals surface area contributed by atoms with Crippen molar-refractivity contribution in [3.8, 4) is 11.3 Å².